The van der Waals surface area contributed by atoms with Crippen molar-refractivity contribution in [1.29, 1.82) is 0 Å². The maximum absolute atomic E-state index is 11.8. The zero-order valence-electron chi connectivity index (χ0n) is 10.1. The third kappa shape index (κ3) is 3.39. The van der Waals surface area contributed by atoms with Crippen molar-refractivity contribution in [3.05, 3.63) is 29.3 Å². The fraction of sp³-hybridized carbons (Fsp3) is 0.182. The summed E-state index contributed by atoms with van der Waals surface area (Å²) in [5.41, 5.74) is 6.14. The van der Waals surface area contributed by atoms with Crippen molar-refractivity contribution in [2.45, 2.75) is 5.16 Å². The van der Waals surface area contributed by atoms with E-state index in [-0.39, 0.29) is 11.7 Å². The van der Waals surface area contributed by atoms with E-state index < -0.39 is 0 Å². The molecule has 0 saturated heterocycles. The topological polar surface area (TPSA) is 85.8 Å². The van der Waals surface area contributed by atoms with Gasteiger partial charge in [-0.05, 0) is 12.1 Å². The Balaban J connectivity index is 1.92. The van der Waals surface area contributed by atoms with Crippen LogP contribution in [0.5, 0.6) is 0 Å². The summed E-state index contributed by atoms with van der Waals surface area (Å²) in [6.45, 7) is 0. The summed E-state index contributed by atoms with van der Waals surface area (Å²) in [7, 11) is 1.74. The molecule has 2 aromatic rings. The van der Waals surface area contributed by atoms with Crippen LogP contribution in [0.3, 0.4) is 0 Å². The summed E-state index contributed by atoms with van der Waals surface area (Å²) >= 11 is 7.20. The molecule has 0 aliphatic rings. The highest BCUT2D eigenvalue weighted by Crippen LogP contribution is 2.21. The number of halogens is 1. The molecule has 1 amide bonds. The molecule has 100 valence electrons. The van der Waals surface area contributed by atoms with E-state index >= 15 is 0 Å². The fourth-order valence-corrected chi connectivity index (χ4v) is 2.23. The van der Waals surface area contributed by atoms with Crippen LogP contribution in [0.2, 0.25) is 5.02 Å². The van der Waals surface area contributed by atoms with Crippen LogP contribution in [0, 0.1) is 0 Å². The summed E-state index contributed by atoms with van der Waals surface area (Å²) in [6, 6.07) is 7.06. The van der Waals surface area contributed by atoms with Gasteiger partial charge in [0.05, 0.1) is 16.5 Å². The lowest BCUT2D eigenvalue weighted by atomic mass is 10.3. The van der Waals surface area contributed by atoms with Crippen molar-refractivity contribution in [3.8, 4) is 0 Å². The summed E-state index contributed by atoms with van der Waals surface area (Å²) in [5.74, 6) is 0.352. The van der Waals surface area contributed by atoms with Gasteiger partial charge in [0.1, 0.15) is 0 Å². The Bertz CT molecular complexity index is 601. The lowest BCUT2D eigenvalue weighted by Crippen LogP contribution is -2.14. The summed E-state index contributed by atoms with van der Waals surface area (Å²) < 4.78 is 1.62. The number of nitrogen functional groups attached to an aromatic ring is 1. The quantitative estimate of drug-likeness (QED) is 0.840. The summed E-state index contributed by atoms with van der Waals surface area (Å²) in [5, 5.41) is 11.4. The van der Waals surface area contributed by atoms with E-state index in [1.807, 2.05) is 0 Å². The molecule has 3 N–H and O–H groups in total. The molecular formula is C11H12ClN5OS. The van der Waals surface area contributed by atoms with Gasteiger partial charge in [-0.3, -0.25) is 9.36 Å². The number of nitrogens with one attached hydrogen (secondary N) is 1. The number of hydrogen-bond acceptors (Lipinski definition) is 5. The molecular weight excluding hydrogens is 286 g/mol. The minimum atomic E-state index is -0.167. The highest BCUT2D eigenvalue weighted by molar-refractivity contribution is 7.99. The maximum atomic E-state index is 11.8. The van der Waals surface area contributed by atoms with Crippen LogP contribution >= 0.6 is 23.4 Å². The van der Waals surface area contributed by atoms with E-state index in [0.29, 0.717) is 21.8 Å². The lowest BCUT2D eigenvalue weighted by Gasteiger charge is -2.06. The molecule has 19 heavy (non-hydrogen) atoms. The van der Waals surface area contributed by atoms with Crippen molar-refractivity contribution in [2.75, 3.05) is 16.8 Å². The van der Waals surface area contributed by atoms with Crippen LogP contribution in [0.4, 0.5) is 11.6 Å². The number of amides is 1. The molecule has 1 aromatic carbocycles. The second-order valence-electron chi connectivity index (χ2n) is 3.72. The first-order chi connectivity index (χ1) is 9.08. The highest BCUT2D eigenvalue weighted by atomic mass is 35.5. The molecule has 0 radical (unpaired) electrons. The molecule has 8 heteroatoms. The van der Waals surface area contributed by atoms with E-state index in [4.69, 9.17) is 17.3 Å². The molecule has 0 spiro atoms. The lowest BCUT2D eigenvalue weighted by molar-refractivity contribution is -0.113. The van der Waals surface area contributed by atoms with Crippen molar-refractivity contribution >= 4 is 40.9 Å². The van der Waals surface area contributed by atoms with E-state index in [1.54, 1.807) is 35.9 Å². The van der Waals surface area contributed by atoms with Gasteiger partial charge in [0.15, 0.2) is 5.16 Å². The second-order valence-corrected chi connectivity index (χ2v) is 5.07. The van der Waals surface area contributed by atoms with Gasteiger partial charge in [-0.15, -0.1) is 10.2 Å². The molecule has 0 atom stereocenters. The number of anilines is 2. The first-order valence-corrected chi connectivity index (χ1v) is 6.76. The van der Waals surface area contributed by atoms with E-state index in [2.05, 4.69) is 15.5 Å². The molecule has 0 aliphatic carbocycles. The average Bonchev–Trinajstić information content (AvgIpc) is 2.70. The Kier molecular flexibility index (Phi) is 4.28. The van der Waals surface area contributed by atoms with Crippen LogP contribution in [0.15, 0.2) is 29.4 Å². The molecule has 0 aliphatic heterocycles. The van der Waals surface area contributed by atoms with Crippen molar-refractivity contribution in [3.63, 3.8) is 0 Å². The Hall–Kier alpha value is -1.73. The van der Waals surface area contributed by atoms with Crippen LogP contribution in [-0.4, -0.2) is 26.4 Å². The van der Waals surface area contributed by atoms with Crippen molar-refractivity contribution in [1.82, 2.24) is 14.8 Å². The van der Waals surface area contributed by atoms with Gasteiger partial charge in [-0.2, -0.15) is 0 Å². The standard InChI is InChI=1S/C11H12ClN5OS/c1-17-10(13)15-16-11(17)19-6-9(18)14-8-5-3-2-4-7(8)12/h2-5H,6H2,1H3,(H2,13,15)(H,14,18). The van der Waals surface area contributed by atoms with Gasteiger partial charge < -0.3 is 11.1 Å². The molecule has 0 fully saturated rings. The van der Waals surface area contributed by atoms with Crippen LogP contribution in [-0.2, 0) is 11.8 Å². The third-order valence-electron chi connectivity index (χ3n) is 2.35. The van der Waals surface area contributed by atoms with Gasteiger partial charge in [0, 0.05) is 7.05 Å². The van der Waals surface area contributed by atoms with Crippen LogP contribution < -0.4 is 11.1 Å². The first-order valence-electron chi connectivity index (χ1n) is 5.40. The fourth-order valence-electron chi connectivity index (χ4n) is 1.33. The average molecular weight is 298 g/mol. The molecule has 0 unspecified atom stereocenters. The largest absolute Gasteiger partial charge is 0.368 e. The van der Waals surface area contributed by atoms with Gasteiger partial charge in [-0.25, -0.2) is 0 Å². The predicted molar refractivity (Wildman–Crippen MR) is 76.2 cm³/mol. The Morgan fingerprint density at radius 2 is 2.21 bits per heavy atom. The number of carbonyl (C=O) groups is 1. The number of nitrogens with zero attached hydrogens (tertiary/aromatic N) is 3. The van der Waals surface area contributed by atoms with Gasteiger partial charge in [-0.1, -0.05) is 35.5 Å². The highest BCUT2D eigenvalue weighted by Gasteiger charge is 2.10. The number of hydrogen-bond donors (Lipinski definition) is 2. The molecule has 0 saturated carbocycles. The van der Waals surface area contributed by atoms with Gasteiger partial charge >= 0.3 is 0 Å². The van der Waals surface area contributed by atoms with E-state index in [0.717, 1.165) is 0 Å². The number of benzene rings is 1. The van der Waals surface area contributed by atoms with Crippen LogP contribution in [0.1, 0.15) is 0 Å². The number of aromatic nitrogens is 3. The van der Waals surface area contributed by atoms with Crippen molar-refractivity contribution < 1.29 is 4.79 Å². The number of rotatable bonds is 4. The number of thioether (sulfide) groups is 1. The maximum Gasteiger partial charge on any atom is 0.234 e. The summed E-state index contributed by atoms with van der Waals surface area (Å²) in [4.78, 5) is 11.8. The number of carbonyl (C=O) groups excluding carboxylic acids is 1. The smallest absolute Gasteiger partial charge is 0.234 e. The molecule has 0 bridgehead atoms. The Labute approximate surface area is 119 Å². The molecule has 6 nitrogen and oxygen atoms in total. The first kappa shape index (κ1) is 13.7. The van der Waals surface area contributed by atoms with E-state index in [9.17, 15) is 4.79 Å². The van der Waals surface area contributed by atoms with Crippen molar-refractivity contribution in [2.24, 2.45) is 7.05 Å². The zero-order chi connectivity index (χ0) is 13.8. The van der Waals surface area contributed by atoms with Gasteiger partial charge in [0.25, 0.3) is 0 Å². The molecule has 2 rings (SSSR count). The number of nitrogens with two attached hydrogens (primary N) is 1. The normalized spacial score (nSPS) is 10.4. The van der Waals surface area contributed by atoms with E-state index in [1.165, 1.54) is 11.8 Å². The molecule has 1 aromatic heterocycles. The summed E-state index contributed by atoms with van der Waals surface area (Å²) in [6.07, 6.45) is 0. The SMILES string of the molecule is Cn1c(N)nnc1SCC(=O)Nc1ccccc1Cl. The van der Waals surface area contributed by atoms with Gasteiger partial charge in [0.2, 0.25) is 11.9 Å². The Morgan fingerprint density at radius 1 is 1.47 bits per heavy atom. The zero-order valence-corrected chi connectivity index (χ0v) is 11.7. The predicted octanol–water partition coefficient (Wildman–Crippen LogP) is 1.78. The van der Waals surface area contributed by atoms with Crippen LogP contribution in [0.25, 0.3) is 0 Å². The monoisotopic (exact) mass is 297 g/mol. The number of para-hydroxylation sites is 1. The molecule has 1 heterocycles. The minimum absolute atomic E-state index is 0.167. The minimum Gasteiger partial charge on any atom is -0.368 e. The Morgan fingerprint density at radius 3 is 2.84 bits per heavy atom. The third-order valence-corrected chi connectivity index (χ3v) is 3.70. The second kappa shape index (κ2) is 5.94.